The van der Waals surface area contributed by atoms with E-state index in [1.165, 1.54) is 31.2 Å². The number of hydrogen-bond acceptors (Lipinski definition) is 4. The zero-order valence-corrected chi connectivity index (χ0v) is 12.4. The van der Waals surface area contributed by atoms with Gasteiger partial charge in [-0.2, -0.15) is 8.78 Å². The largest absolute Gasteiger partial charge is 0.383 e. The van der Waals surface area contributed by atoms with Gasteiger partial charge < -0.3 is 15.0 Å². The Hall–Kier alpha value is -1.74. The first-order valence-electron chi connectivity index (χ1n) is 5.92. The number of nitrogens with one attached hydrogen (secondary N) is 1. The standard InChI is InChI=1S/C12H16F2N2O4S/c1-16(6-7-20-2)12(17)15-9-4-3-5-10(8-9)21(18,19)11(13)14/h3-5,8,11H,6-7H2,1-2H3,(H,15,17). The number of nitrogens with zero attached hydrogens (tertiary/aromatic N) is 1. The molecule has 2 amide bonds. The van der Waals surface area contributed by atoms with E-state index in [2.05, 4.69) is 5.32 Å². The summed E-state index contributed by atoms with van der Waals surface area (Å²) in [7, 11) is -1.68. The first-order chi connectivity index (χ1) is 9.78. The minimum absolute atomic E-state index is 0.117. The normalized spacial score (nSPS) is 11.5. The molecule has 6 nitrogen and oxygen atoms in total. The van der Waals surface area contributed by atoms with Crippen molar-refractivity contribution in [1.82, 2.24) is 4.90 Å². The molecule has 0 aliphatic carbocycles. The lowest BCUT2D eigenvalue weighted by molar-refractivity contribution is 0.165. The van der Waals surface area contributed by atoms with Gasteiger partial charge in [-0.25, -0.2) is 13.2 Å². The second-order valence-electron chi connectivity index (χ2n) is 4.18. The predicted octanol–water partition coefficient (Wildman–Crippen LogP) is 1.79. The highest BCUT2D eigenvalue weighted by Gasteiger charge is 2.26. The van der Waals surface area contributed by atoms with Crippen molar-refractivity contribution in [3.05, 3.63) is 24.3 Å². The highest BCUT2D eigenvalue weighted by atomic mass is 32.2. The van der Waals surface area contributed by atoms with Crippen molar-refractivity contribution in [1.29, 1.82) is 0 Å². The van der Waals surface area contributed by atoms with Gasteiger partial charge in [0.1, 0.15) is 0 Å². The van der Waals surface area contributed by atoms with Crippen LogP contribution in [0, 0.1) is 0 Å². The Balaban J connectivity index is 2.85. The Labute approximate surface area is 121 Å². The molecule has 0 aromatic heterocycles. The van der Waals surface area contributed by atoms with E-state index < -0.39 is 26.5 Å². The molecule has 1 rings (SSSR count). The third kappa shape index (κ3) is 4.64. The lowest BCUT2D eigenvalue weighted by atomic mass is 10.3. The van der Waals surface area contributed by atoms with Gasteiger partial charge in [0.15, 0.2) is 0 Å². The van der Waals surface area contributed by atoms with Crippen LogP contribution in [0.5, 0.6) is 0 Å². The molecule has 118 valence electrons. The molecule has 1 aromatic rings. The summed E-state index contributed by atoms with van der Waals surface area (Å²) in [6, 6.07) is 4.22. The molecule has 1 aromatic carbocycles. The van der Waals surface area contributed by atoms with Gasteiger partial charge >= 0.3 is 11.8 Å². The summed E-state index contributed by atoms with van der Waals surface area (Å²) >= 11 is 0. The van der Waals surface area contributed by atoms with Crippen LogP contribution in [0.15, 0.2) is 29.2 Å². The number of hydrogen-bond donors (Lipinski definition) is 1. The summed E-state index contributed by atoms with van der Waals surface area (Å²) in [5.74, 6) is -3.51. The first-order valence-corrected chi connectivity index (χ1v) is 7.47. The summed E-state index contributed by atoms with van der Waals surface area (Å²) in [6.07, 6.45) is 0. The molecule has 0 spiro atoms. The number of anilines is 1. The van der Waals surface area contributed by atoms with Crippen LogP contribution in [0.2, 0.25) is 0 Å². The number of carbonyl (C=O) groups is 1. The van der Waals surface area contributed by atoms with E-state index in [4.69, 9.17) is 4.74 Å². The molecular weight excluding hydrogens is 306 g/mol. The summed E-state index contributed by atoms with van der Waals surface area (Å²) in [6.45, 7) is 0.668. The summed E-state index contributed by atoms with van der Waals surface area (Å²) < 4.78 is 52.5. The van der Waals surface area contributed by atoms with Gasteiger partial charge in [-0.1, -0.05) is 6.07 Å². The average molecular weight is 322 g/mol. The maximum Gasteiger partial charge on any atom is 0.341 e. The van der Waals surface area contributed by atoms with E-state index in [1.807, 2.05) is 0 Å². The average Bonchev–Trinajstić information content (AvgIpc) is 2.44. The van der Waals surface area contributed by atoms with Crippen molar-refractivity contribution < 1.29 is 26.7 Å². The SMILES string of the molecule is COCCN(C)C(=O)Nc1cccc(S(=O)(=O)C(F)F)c1. The Morgan fingerprint density at radius 3 is 2.67 bits per heavy atom. The van der Waals surface area contributed by atoms with Gasteiger partial charge in [0.2, 0.25) is 9.84 Å². The van der Waals surface area contributed by atoms with E-state index in [9.17, 15) is 22.0 Å². The predicted molar refractivity (Wildman–Crippen MR) is 73.2 cm³/mol. The van der Waals surface area contributed by atoms with Gasteiger partial charge in [-0.3, -0.25) is 0 Å². The molecule has 9 heteroatoms. The van der Waals surface area contributed by atoms with Crippen molar-refractivity contribution in [2.24, 2.45) is 0 Å². The van der Waals surface area contributed by atoms with Gasteiger partial charge in [0, 0.05) is 26.4 Å². The Kier molecular flexibility index (Phi) is 6.03. The van der Waals surface area contributed by atoms with Crippen LogP contribution in [0.3, 0.4) is 0 Å². The summed E-state index contributed by atoms with van der Waals surface area (Å²) in [5.41, 5.74) is 0.117. The minimum Gasteiger partial charge on any atom is -0.383 e. The van der Waals surface area contributed by atoms with Crippen LogP contribution >= 0.6 is 0 Å². The fourth-order valence-corrected chi connectivity index (χ4v) is 2.17. The number of urea groups is 1. The molecule has 0 aliphatic rings. The number of ether oxygens (including phenoxy) is 1. The molecular formula is C12H16F2N2O4S. The van der Waals surface area contributed by atoms with Gasteiger partial charge in [-0.05, 0) is 18.2 Å². The molecule has 0 bridgehead atoms. The summed E-state index contributed by atoms with van der Waals surface area (Å²) in [4.78, 5) is 12.5. The highest BCUT2D eigenvalue weighted by molar-refractivity contribution is 7.91. The number of methoxy groups -OCH3 is 1. The van der Waals surface area contributed by atoms with Gasteiger partial charge in [0.25, 0.3) is 0 Å². The van der Waals surface area contributed by atoms with Crippen LogP contribution in [-0.4, -0.2) is 52.4 Å². The van der Waals surface area contributed by atoms with Crippen molar-refractivity contribution in [2.45, 2.75) is 10.7 Å². The Bertz CT molecular complexity index is 593. The molecule has 0 atom stereocenters. The van der Waals surface area contributed by atoms with Crippen molar-refractivity contribution in [3.8, 4) is 0 Å². The second kappa shape index (κ2) is 7.32. The molecule has 0 fully saturated rings. The number of carbonyl (C=O) groups excluding carboxylic acids is 1. The van der Waals surface area contributed by atoms with Gasteiger partial charge in [-0.15, -0.1) is 0 Å². The maximum atomic E-state index is 12.5. The number of likely N-dealkylation sites (N-methyl/N-ethyl adjacent to an activating group) is 1. The number of sulfone groups is 1. The molecule has 0 heterocycles. The molecule has 0 radical (unpaired) electrons. The van der Waals surface area contributed by atoms with E-state index in [0.717, 1.165) is 12.1 Å². The number of halogens is 2. The lowest BCUT2D eigenvalue weighted by Crippen LogP contribution is -2.33. The third-order valence-corrected chi connectivity index (χ3v) is 4.01. The molecule has 21 heavy (non-hydrogen) atoms. The van der Waals surface area contributed by atoms with E-state index in [0.29, 0.717) is 13.2 Å². The Morgan fingerprint density at radius 1 is 1.43 bits per heavy atom. The highest BCUT2D eigenvalue weighted by Crippen LogP contribution is 2.21. The molecule has 1 N–H and O–H groups in total. The molecule has 0 aliphatic heterocycles. The number of benzene rings is 1. The molecule has 0 unspecified atom stereocenters. The van der Waals surface area contributed by atoms with Crippen molar-refractivity contribution in [2.75, 3.05) is 32.6 Å². The van der Waals surface area contributed by atoms with E-state index in [1.54, 1.807) is 0 Å². The van der Waals surface area contributed by atoms with Crippen LogP contribution in [0.4, 0.5) is 19.3 Å². The second-order valence-corrected chi connectivity index (χ2v) is 6.10. The van der Waals surface area contributed by atoms with Crippen LogP contribution in [0.25, 0.3) is 0 Å². The third-order valence-electron chi connectivity index (χ3n) is 2.63. The smallest absolute Gasteiger partial charge is 0.341 e. The number of amides is 2. The monoisotopic (exact) mass is 322 g/mol. The number of alkyl halides is 2. The van der Waals surface area contributed by atoms with Crippen molar-refractivity contribution >= 4 is 21.6 Å². The quantitative estimate of drug-likeness (QED) is 0.866. The van der Waals surface area contributed by atoms with Crippen LogP contribution < -0.4 is 5.32 Å². The minimum atomic E-state index is -4.69. The fraction of sp³-hybridized carbons (Fsp3) is 0.417. The van der Waals surface area contributed by atoms with Crippen LogP contribution in [-0.2, 0) is 14.6 Å². The zero-order chi connectivity index (χ0) is 16.0. The maximum absolute atomic E-state index is 12.5. The van der Waals surface area contributed by atoms with Crippen LogP contribution in [0.1, 0.15) is 0 Å². The topological polar surface area (TPSA) is 75.7 Å². The summed E-state index contributed by atoms with van der Waals surface area (Å²) in [5, 5.41) is 2.42. The zero-order valence-electron chi connectivity index (χ0n) is 11.5. The number of rotatable bonds is 6. The van der Waals surface area contributed by atoms with E-state index >= 15 is 0 Å². The molecule has 0 saturated carbocycles. The van der Waals surface area contributed by atoms with E-state index in [-0.39, 0.29) is 5.69 Å². The first kappa shape index (κ1) is 17.3. The van der Waals surface area contributed by atoms with Crippen molar-refractivity contribution in [3.63, 3.8) is 0 Å². The molecule has 0 saturated heterocycles. The lowest BCUT2D eigenvalue weighted by Gasteiger charge is -2.17. The Morgan fingerprint density at radius 2 is 2.10 bits per heavy atom. The fourth-order valence-electron chi connectivity index (χ4n) is 1.40. The van der Waals surface area contributed by atoms with Gasteiger partial charge in [0.05, 0.1) is 11.5 Å².